The molecule has 0 aliphatic heterocycles. The molecule has 0 fully saturated rings. The Bertz CT molecular complexity index is 514. The monoisotopic (exact) mass is 216 g/mol. The molecule has 0 saturated carbocycles. The Labute approximate surface area is 95.1 Å². The number of nitrogens with two attached hydrogens (primary N) is 1. The molecule has 1 aromatic heterocycles. The summed E-state index contributed by atoms with van der Waals surface area (Å²) in [4.78, 5) is 0. The highest BCUT2D eigenvalue weighted by atomic mass is 15.3. The molecule has 2 N–H and O–H groups in total. The van der Waals surface area contributed by atoms with Crippen molar-refractivity contribution in [2.75, 3.05) is 5.73 Å². The first-order valence-electron chi connectivity index (χ1n) is 5.38. The van der Waals surface area contributed by atoms with Gasteiger partial charge in [-0.3, -0.25) is 0 Å². The second kappa shape index (κ2) is 3.96. The zero-order valence-electron chi connectivity index (χ0n) is 9.86. The number of nitrogen functional groups attached to an aromatic ring is 1. The molecule has 0 bridgehead atoms. The van der Waals surface area contributed by atoms with Gasteiger partial charge in [0.05, 0.1) is 0 Å². The number of benzene rings is 1. The van der Waals surface area contributed by atoms with E-state index in [-0.39, 0.29) is 0 Å². The number of hydrogen-bond donors (Lipinski definition) is 1. The minimum atomic E-state index is 0.767. The highest BCUT2D eigenvalue weighted by Crippen LogP contribution is 2.26. The van der Waals surface area contributed by atoms with Crippen LogP contribution in [0.4, 0.5) is 5.69 Å². The summed E-state index contributed by atoms with van der Waals surface area (Å²) in [5.41, 5.74) is 10.1. The molecule has 0 saturated heterocycles. The minimum Gasteiger partial charge on any atom is -0.399 e. The Kier molecular flexibility index (Phi) is 2.64. The topological polar surface area (TPSA) is 56.7 Å². The van der Waals surface area contributed by atoms with Gasteiger partial charge in [-0.2, -0.15) is 0 Å². The van der Waals surface area contributed by atoms with Crippen LogP contribution < -0.4 is 5.73 Å². The maximum atomic E-state index is 5.87. The van der Waals surface area contributed by atoms with Crippen molar-refractivity contribution in [3.63, 3.8) is 0 Å². The molecule has 2 aromatic rings. The van der Waals surface area contributed by atoms with Crippen LogP contribution in [0, 0.1) is 13.8 Å². The molecule has 0 amide bonds. The second-order valence-electron chi connectivity index (χ2n) is 3.95. The lowest BCUT2D eigenvalue weighted by atomic mass is 10.0. The summed E-state index contributed by atoms with van der Waals surface area (Å²) in [5.74, 6) is 0.885. The quantitative estimate of drug-likeness (QED) is 0.783. The number of aryl methyl sites for hydroxylation is 2. The molecular weight excluding hydrogens is 200 g/mol. The molecule has 0 radical (unpaired) electrons. The summed E-state index contributed by atoms with van der Waals surface area (Å²) in [6.07, 6.45) is 1.74. The molecule has 16 heavy (non-hydrogen) atoms. The zero-order chi connectivity index (χ0) is 11.7. The van der Waals surface area contributed by atoms with Crippen LogP contribution in [0.15, 0.2) is 18.5 Å². The predicted octanol–water partition coefficient (Wildman–Crippen LogP) is 2.16. The summed E-state index contributed by atoms with van der Waals surface area (Å²) < 4.78 is 2.02. The van der Waals surface area contributed by atoms with Crippen molar-refractivity contribution >= 4 is 5.69 Å². The van der Waals surface area contributed by atoms with Crippen molar-refractivity contribution in [1.29, 1.82) is 0 Å². The average molecular weight is 216 g/mol. The summed E-state index contributed by atoms with van der Waals surface area (Å²) in [5, 5.41) is 8.10. The molecule has 4 nitrogen and oxygen atoms in total. The lowest BCUT2D eigenvalue weighted by Gasteiger charge is -2.10. The van der Waals surface area contributed by atoms with E-state index in [0.717, 1.165) is 23.6 Å². The van der Waals surface area contributed by atoms with Crippen LogP contribution in [0.25, 0.3) is 11.4 Å². The average Bonchev–Trinajstić information content (AvgIpc) is 2.71. The van der Waals surface area contributed by atoms with E-state index in [1.54, 1.807) is 6.33 Å². The van der Waals surface area contributed by atoms with E-state index in [4.69, 9.17) is 5.73 Å². The van der Waals surface area contributed by atoms with E-state index in [2.05, 4.69) is 31.0 Å². The van der Waals surface area contributed by atoms with Gasteiger partial charge in [0.2, 0.25) is 0 Å². The molecule has 4 heteroatoms. The fraction of sp³-hybridized carbons (Fsp3) is 0.333. The standard InChI is InChI=1S/C12H16N4/c1-4-16-7-14-15-12(16)11-6-10(13)5-8(2)9(11)3/h5-7H,4,13H2,1-3H3. The lowest BCUT2D eigenvalue weighted by Crippen LogP contribution is -2.00. The Morgan fingerprint density at radius 1 is 1.31 bits per heavy atom. The van der Waals surface area contributed by atoms with Crippen molar-refractivity contribution in [2.24, 2.45) is 0 Å². The lowest BCUT2D eigenvalue weighted by molar-refractivity contribution is 0.766. The third-order valence-electron chi connectivity index (χ3n) is 2.89. The first-order valence-corrected chi connectivity index (χ1v) is 5.38. The van der Waals surface area contributed by atoms with Crippen LogP contribution in [0.5, 0.6) is 0 Å². The van der Waals surface area contributed by atoms with Crippen LogP contribution in [0.3, 0.4) is 0 Å². The predicted molar refractivity (Wildman–Crippen MR) is 65.0 cm³/mol. The van der Waals surface area contributed by atoms with Gasteiger partial charge in [0.25, 0.3) is 0 Å². The number of nitrogens with zero attached hydrogens (tertiary/aromatic N) is 3. The molecule has 0 atom stereocenters. The van der Waals surface area contributed by atoms with Gasteiger partial charge in [0.1, 0.15) is 6.33 Å². The summed E-state index contributed by atoms with van der Waals surface area (Å²) in [7, 11) is 0. The molecule has 1 aromatic carbocycles. The summed E-state index contributed by atoms with van der Waals surface area (Å²) in [6.45, 7) is 7.07. The largest absolute Gasteiger partial charge is 0.399 e. The smallest absolute Gasteiger partial charge is 0.164 e. The van der Waals surface area contributed by atoms with Crippen molar-refractivity contribution in [3.8, 4) is 11.4 Å². The number of rotatable bonds is 2. The summed E-state index contributed by atoms with van der Waals surface area (Å²) in [6, 6.07) is 3.93. The number of aromatic nitrogens is 3. The Hall–Kier alpha value is -1.84. The van der Waals surface area contributed by atoms with Crippen LogP contribution in [0.1, 0.15) is 18.1 Å². The highest BCUT2D eigenvalue weighted by Gasteiger charge is 2.11. The first-order chi connectivity index (χ1) is 7.63. The molecule has 0 spiro atoms. The maximum Gasteiger partial charge on any atom is 0.164 e. The normalized spacial score (nSPS) is 10.7. The van der Waals surface area contributed by atoms with Gasteiger partial charge < -0.3 is 10.3 Å². The third-order valence-corrected chi connectivity index (χ3v) is 2.89. The van der Waals surface area contributed by atoms with Gasteiger partial charge in [-0.05, 0) is 44.0 Å². The van der Waals surface area contributed by atoms with Gasteiger partial charge in [0, 0.05) is 17.8 Å². The van der Waals surface area contributed by atoms with E-state index < -0.39 is 0 Å². The van der Waals surface area contributed by atoms with Crippen LogP contribution >= 0.6 is 0 Å². The van der Waals surface area contributed by atoms with Crippen molar-refractivity contribution in [2.45, 2.75) is 27.3 Å². The van der Waals surface area contributed by atoms with E-state index in [9.17, 15) is 0 Å². The fourth-order valence-electron chi connectivity index (χ4n) is 1.81. The summed E-state index contributed by atoms with van der Waals surface area (Å²) >= 11 is 0. The number of anilines is 1. The van der Waals surface area contributed by atoms with Crippen LogP contribution in [-0.4, -0.2) is 14.8 Å². The van der Waals surface area contributed by atoms with E-state index in [0.29, 0.717) is 0 Å². The molecule has 2 rings (SSSR count). The third kappa shape index (κ3) is 1.66. The van der Waals surface area contributed by atoms with Gasteiger partial charge in [-0.1, -0.05) is 0 Å². The second-order valence-corrected chi connectivity index (χ2v) is 3.95. The van der Waals surface area contributed by atoms with Crippen molar-refractivity contribution in [1.82, 2.24) is 14.8 Å². The molecule has 0 aliphatic carbocycles. The van der Waals surface area contributed by atoms with E-state index in [1.165, 1.54) is 11.1 Å². The first kappa shape index (κ1) is 10.7. The van der Waals surface area contributed by atoms with E-state index >= 15 is 0 Å². The fourth-order valence-corrected chi connectivity index (χ4v) is 1.81. The molecule has 1 heterocycles. The van der Waals surface area contributed by atoms with Crippen molar-refractivity contribution < 1.29 is 0 Å². The maximum absolute atomic E-state index is 5.87. The van der Waals surface area contributed by atoms with Crippen molar-refractivity contribution in [3.05, 3.63) is 29.6 Å². The van der Waals surface area contributed by atoms with Gasteiger partial charge in [-0.15, -0.1) is 10.2 Å². The highest BCUT2D eigenvalue weighted by molar-refractivity contribution is 5.67. The van der Waals surface area contributed by atoms with Gasteiger partial charge in [-0.25, -0.2) is 0 Å². The Morgan fingerprint density at radius 2 is 2.06 bits per heavy atom. The zero-order valence-corrected chi connectivity index (χ0v) is 9.86. The number of hydrogen-bond acceptors (Lipinski definition) is 3. The van der Waals surface area contributed by atoms with Crippen LogP contribution in [-0.2, 0) is 6.54 Å². The minimum absolute atomic E-state index is 0.767. The van der Waals surface area contributed by atoms with E-state index in [1.807, 2.05) is 16.7 Å². The molecule has 84 valence electrons. The Morgan fingerprint density at radius 3 is 2.75 bits per heavy atom. The Balaban J connectivity index is 2.64. The molecule has 0 aliphatic rings. The van der Waals surface area contributed by atoms with Crippen LogP contribution in [0.2, 0.25) is 0 Å². The van der Waals surface area contributed by atoms with Gasteiger partial charge in [0.15, 0.2) is 5.82 Å². The van der Waals surface area contributed by atoms with Gasteiger partial charge >= 0.3 is 0 Å². The SMILES string of the molecule is CCn1cnnc1-c1cc(N)cc(C)c1C. The molecule has 0 unspecified atom stereocenters. The molecular formula is C12H16N4.